The summed E-state index contributed by atoms with van der Waals surface area (Å²) in [6, 6.07) is 0. The monoisotopic (exact) mass is 181 g/mol. The highest BCUT2D eigenvalue weighted by Gasteiger charge is 2.28. The Labute approximate surface area is 68.4 Å². The lowest BCUT2D eigenvalue weighted by Crippen LogP contribution is -2.15. The highest BCUT2D eigenvalue weighted by atomic mass is 19.4. The van der Waals surface area contributed by atoms with Gasteiger partial charge in [-0.25, -0.2) is 0 Å². The third-order valence-electron chi connectivity index (χ3n) is 1.60. The SMILES string of the molecule is FC(F)(F)CON=C1CCCC1. The van der Waals surface area contributed by atoms with Crippen molar-refractivity contribution in [2.45, 2.75) is 31.9 Å². The van der Waals surface area contributed by atoms with Gasteiger partial charge in [-0.1, -0.05) is 5.16 Å². The fourth-order valence-electron chi connectivity index (χ4n) is 1.07. The van der Waals surface area contributed by atoms with E-state index in [1.807, 2.05) is 0 Å². The largest absolute Gasteiger partial charge is 0.425 e. The Morgan fingerprint density at radius 2 is 1.83 bits per heavy atom. The standard InChI is InChI=1S/C7H10F3NO/c8-7(9,10)5-12-11-6-3-1-2-4-6/h1-5H2. The molecule has 0 bridgehead atoms. The zero-order valence-electron chi connectivity index (χ0n) is 6.52. The predicted molar refractivity (Wildman–Crippen MR) is 37.9 cm³/mol. The van der Waals surface area contributed by atoms with Crippen LogP contribution in [0.4, 0.5) is 13.2 Å². The van der Waals surface area contributed by atoms with E-state index >= 15 is 0 Å². The second-order valence-corrected chi connectivity index (χ2v) is 2.75. The number of alkyl halides is 3. The van der Waals surface area contributed by atoms with Crippen LogP contribution in [0.5, 0.6) is 0 Å². The Morgan fingerprint density at radius 1 is 1.25 bits per heavy atom. The van der Waals surface area contributed by atoms with Crippen molar-refractivity contribution in [3.63, 3.8) is 0 Å². The molecule has 0 aromatic rings. The van der Waals surface area contributed by atoms with Crippen molar-refractivity contribution in [2.75, 3.05) is 6.61 Å². The minimum absolute atomic E-state index is 0.749. The average molecular weight is 181 g/mol. The molecule has 0 spiro atoms. The Morgan fingerprint density at radius 3 is 2.33 bits per heavy atom. The van der Waals surface area contributed by atoms with Gasteiger partial charge < -0.3 is 4.84 Å². The summed E-state index contributed by atoms with van der Waals surface area (Å²) in [6.45, 7) is -1.28. The van der Waals surface area contributed by atoms with Crippen LogP contribution in [0, 0.1) is 0 Å². The first-order valence-electron chi connectivity index (χ1n) is 3.82. The molecule has 1 fully saturated rings. The summed E-state index contributed by atoms with van der Waals surface area (Å²) in [4.78, 5) is 4.14. The molecule has 1 aliphatic rings. The molecule has 0 aliphatic heterocycles. The van der Waals surface area contributed by atoms with Crippen LogP contribution in [0.15, 0.2) is 5.16 Å². The van der Waals surface area contributed by atoms with Crippen LogP contribution in [0.1, 0.15) is 25.7 Å². The molecule has 0 heterocycles. The van der Waals surface area contributed by atoms with E-state index in [1.165, 1.54) is 0 Å². The van der Waals surface area contributed by atoms with Gasteiger partial charge in [0, 0.05) is 0 Å². The Kier molecular flexibility index (Phi) is 2.94. The van der Waals surface area contributed by atoms with Crippen molar-refractivity contribution < 1.29 is 18.0 Å². The Balaban J connectivity index is 2.20. The predicted octanol–water partition coefficient (Wildman–Crippen LogP) is 2.50. The first kappa shape index (κ1) is 9.35. The van der Waals surface area contributed by atoms with Crippen LogP contribution in [0.2, 0.25) is 0 Å². The Hall–Kier alpha value is -0.740. The minimum Gasteiger partial charge on any atom is -0.386 e. The van der Waals surface area contributed by atoms with Crippen molar-refractivity contribution in [2.24, 2.45) is 5.16 Å². The van der Waals surface area contributed by atoms with E-state index < -0.39 is 12.8 Å². The maximum absolute atomic E-state index is 11.5. The van der Waals surface area contributed by atoms with E-state index in [-0.39, 0.29) is 0 Å². The summed E-state index contributed by atoms with van der Waals surface area (Å²) in [6.07, 6.45) is -0.708. The van der Waals surface area contributed by atoms with E-state index in [2.05, 4.69) is 9.99 Å². The molecule has 0 radical (unpaired) electrons. The number of halogens is 3. The van der Waals surface area contributed by atoms with Gasteiger partial charge in [0.15, 0.2) is 0 Å². The molecule has 0 atom stereocenters. The molecule has 5 heteroatoms. The van der Waals surface area contributed by atoms with Crippen LogP contribution in [-0.4, -0.2) is 18.5 Å². The fraction of sp³-hybridized carbons (Fsp3) is 0.857. The van der Waals surface area contributed by atoms with Crippen LogP contribution in [0.3, 0.4) is 0 Å². The molecule has 1 aliphatic carbocycles. The fourth-order valence-corrected chi connectivity index (χ4v) is 1.07. The van der Waals surface area contributed by atoms with Gasteiger partial charge in [0.25, 0.3) is 0 Å². The smallest absolute Gasteiger partial charge is 0.386 e. The van der Waals surface area contributed by atoms with Crippen LogP contribution in [0.25, 0.3) is 0 Å². The lowest BCUT2D eigenvalue weighted by molar-refractivity contribution is -0.173. The number of hydrogen-bond acceptors (Lipinski definition) is 2. The number of nitrogens with zero attached hydrogens (tertiary/aromatic N) is 1. The van der Waals surface area contributed by atoms with E-state index in [1.54, 1.807) is 0 Å². The maximum atomic E-state index is 11.5. The normalized spacial score (nSPS) is 18.1. The van der Waals surface area contributed by atoms with Crippen molar-refractivity contribution >= 4 is 5.71 Å². The van der Waals surface area contributed by atoms with Gasteiger partial charge >= 0.3 is 6.18 Å². The molecule has 2 nitrogen and oxygen atoms in total. The lowest BCUT2D eigenvalue weighted by atomic mass is 10.3. The summed E-state index contributed by atoms with van der Waals surface area (Å²) in [7, 11) is 0. The molecular weight excluding hydrogens is 171 g/mol. The summed E-state index contributed by atoms with van der Waals surface area (Å²) >= 11 is 0. The topological polar surface area (TPSA) is 21.6 Å². The van der Waals surface area contributed by atoms with Gasteiger partial charge in [-0.2, -0.15) is 13.2 Å². The van der Waals surface area contributed by atoms with Gasteiger partial charge in [0.05, 0.1) is 5.71 Å². The number of rotatable bonds is 2. The molecule has 0 aromatic heterocycles. The highest BCUT2D eigenvalue weighted by molar-refractivity contribution is 5.85. The molecule has 0 unspecified atom stereocenters. The zero-order valence-corrected chi connectivity index (χ0v) is 6.52. The lowest BCUT2D eigenvalue weighted by Gasteiger charge is -2.03. The van der Waals surface area contributed by atoms with Crippen LogP contribution >= 0.6 is 0 Å². The van der Waals surface area contributed by atoms with E-state index in [0.29, 0.717) is 0 Å². The quantitative estimate of drug-likeness (QED) is 0.600. The van der Waals surface area contributed by atoms with Crippen molar-refractivity contribution in [1.29, 1.82) is 0 Å². The molecule has 1 rings (SSSR count). The second-order valence-electron chi connectivity index (χ2n) is 2.75. The molecule has 70 valence electrons. The highest BCUT2D eigenvalue weighted by Crippen LogP contribution is 2.17. The zero-order chi connectivity index (χ0) is 9.03. The van der Waals surface area contributed by atoms with Gasteiger partial charge in [-0.3, -0.25) is 0 Å². The minimum atomic E-state index is -4.28. The van der Waals surface area contributed by atoms with Gasteiger partial charge in [0.2, 0.25) is 6.61 Å². The molecule has 0 saturated heterocycles. The molecule has 1 saturated carbocycles. The van der Waals surface area contributed by atoms with E-state index in [4.69, 9.17) is 0 Å². The van der Waals surface area contributed by atoms with Crippen molar-refractivity contribution in [3.8, 4) is 0 Å². The average Bonchev–Trinajstić information content (AvgIpc) is 2.36. The summed E-state index contributed by atoms with van der Waals surface area (Å²) in [5.41, 5.74) is 0.749. The molecule has 0 aromatic carbocycles. The molecule has 0 amide bonds. The van der Waals surface area contributed by atoms with E-state index in [0.717, 1.165) is 31.4 Å². The van der Waals surface area contributed by atoms with Crippen LogP contribution < -0.4 is 0 Å². The second kappa shape index (κ2) is 3.78. The molecule has 0 N–H and O–H groups in total. The van der Waals surface area contributed by atoms with Crippen molar-refractivity contribution in [3.05, 3.63) is 0 Å². The van der Waals surface area contributed by atoms with Gasteiger partial charge in [-0.05, 0) is 25.7 Å². The Bertz CT molecular complexity index is 168. The maximum Gasteiger partial charge on any atom is 0.425 e. The van der Waals surface area contributed by atoms with Crippen LogP contribution in [-0.2, 0) is 4.84 Å². The van der Waals surface area contributed by atoms with Gasteiger partial charge in [-0.15, -0.1) is 0 Å². The van der Waals surface area contributed by atoms with E-state index in [9.17, 15) is 13.2 Å². The third-order valence-corrected chi connectivity index (χ3v) is 1.60. The summed E-state index contributed by atoms with van der Waals surface area (Å²) in [5.74, 6) is 0. The summed E-state index contributed by atoms with van der Waals surface area (Å²) < 4.78 is 34.6. The van der Waals surface area contributed by atoms with Gasteiger partial charge in [0.1, 0.15) is 0 Å². The molecule has 12 heavy (non-hydrogen) atoms. The first-order chi connectivity index (χ1) is 5.58. The third kappa shape index (κ3) is 3.59. The number of oxime groups is 1. The summed E-state index contributed by atoms with van der Waals surface area (Å²) in [5, 5.41) is 3.41. The molecular formula is C7H10F3NO. The van der Waals surface area contributed by atoms with Crippen molar-refractivity contribution in [1.82, 2.24) is 0 Å². The number of hydrogen-bond donors (Lipinski definition) is 0. The first-order valence-corrected chi connectivity index (χ1v) is 3.82.